The zero-order chi connectivity index (χ0) is 24.7. The van der Waals surface area contributed by atoms with Crippen LogP contribution in [0.1, 0.15) is 11.1 Å². The van der Waals surface area contributed by atoms with Gasteiger partial charge in [-0.25, -0.2) is 9.82 Å². The molecule has 0 saturated carbocycles. The lowest BCUT2D eigenvalue weighted by atomic mass is 10.2. The van der Waals surface area contributed by atoms with Crippen molar-refractivity contribution in [1.29, 1.82) is 0 Å². The molecular weight excluding hydrogens is 508 g/mol. The molecule has 0 bridgehead atoms. The predicted octanol–water partition coefficient (Wildman–Crippen LogP) is 5.46. The van der Waals surface area contributed by atoms with Crippen molar-refractivity contribution in [3.05, 3.63) is 86.6 Å². The molecule has 7 nitrogen and oxygen atoms in total. The van der Waals surface area contributed by atoms with Gasteiger partial charge in [0, 0.05) is 21.3 Å². The fraction of sp³-hybridized carbons (Fsp3) is 0.0870. The van der Waals surface area contributed by atoms with Gasteiger partial charge < -0.3 is 14.8 Å². The lowest BCUT2D eigenvalue weighted by Crippen LogP contribution is -2.32. The van der Waals surface area contributed by atoms with Crippen LogP contribution in [0, 0.1) is 5.82 Å². The van der Waals surface area contributed by atoms with Gasteiger partial charge in [0.2, 0.25) is 0 Å². The van der Waals surface area contributed by atoms with E-state index in [4.69, 9.17) is 44.3 Å². The highest BCUT2D eigenvalue weighted by molar-refractivity contribution is 6.40. The Kier molecular flexibility index (Phi) is 8.70. The summed E-state index contributed by atoms with van der Waals surface area (Å²) in [5, 5.41) is 6.87. The minimum Gasteiger partial charge on any atom is -0.493 e. The second kappa shape index (κ2) is 11.7. The first-order valence-electron chi connectivity index (χ1n) is 9.61. The van der Waals surface area contributed by atoms with Gasteiger partial charge in [0.1, 0.15) is 12.4 Å². The van der Waals surface area contributed by atoms with Crippen LogP contribution in [0.25, 0.3) is 0 Å². The summed E-state index contributed by atoms with van der Waals surface area (Å²) < 4.78 is 24.3. The van der Waals surface area contributed by atoms with Crippen LogP contribution in [-0.2, 0) is 16.2 Å². The zero-order valence-corrected chi connectivity index (χ0v) is 19.8. The first-order valence-corrected chi connectivity index (χ1v) is 10.7. The van der Waals surface area contributed by atoms with Crippen LogP contribution in [-0.4, -0.2) is 25.1 Å². The van der Waals surface area contributed by atoms with Gasteiger partial charge in [-0.15, -0.1) is 0 Å². The van der Waals surface area contributed by atoms with Crippen molar-refractivity contribution in [3.8, 4) is 11.5 Å². The van der Waals surface area contributed by atoms with Crippen molar-refractivity contribution in [1.82, 2.24) is 5.43 Å². The van der Waals surface area contributed by atoms with Gasteiger partial charge in [-0.1, -0.05) is 40.9 Å². The summed E-state index contributed by atoms with van der Waals surface area (Å²) in [4.78, 5) is 23.9. The number of carbonyl (C=O) groups excluding carboxylic acids is 2. The maximum Gasteiger partial charge on any atom is 0.329 e. The normalized spacial score (nSPS) is 10.7. The molecular formula is C23H17Cl3FN3O4. The summed E-state index contributed by atoms with van der Waals surface area (Å²) in [6, 6.07) is 13.6. The van der Waals surface area contributed by atoms with Gasteiger partial charge in [0.05, 0.1) is 18.3 Å². The summed E-state index contributed by atoms with van der Waals surface area (Å²) in [5.41, 5.74) is 3.58. The number of anilines is 1. The van der Waals surface area contributed by atoms with Gasteiger partial charge in [-0.2, -0.15) is 5.10 Å². The molecule has 3 aromatic carbocycles. The third-order valence-electron chi connectivity index (χ3n) is 4.35. The number of nitrogens with one attached hydrogen (secondary N) is 2. The molecule has 0 aliphatic carbocycles. The Morgan fingerprint density at radius 2 is 1.76 bits per heavy atom. The minimum absolute atomic E-state index is 0.163. The molecule has 34 heavy (non-hydrogen) atoms. The number of carbonyl (C=O) groups is 2. The van der Waals surface area contributed by atoms with E-state index in [2.05, 4.69) is 15.8 Å². The van der Waals surface area contributed by atoms with Gasteiger partial charge in [0.25, 0.3) is 0 Å². The molecule has 0 aliphatic rings. The largest absolute Gasteiger partial charge is 0.493 e. The van der Waals surface area contributed by atoms with Crippen LogP contribution in [0.4, 0.5) is 10.1 Å². The van der Waals surface area contributed by atoms with Gasteiger partial charge in [0.15, 0.2) is 11.5 Å². The molecule has 0 radical (unpaired) electrons. The van der Waals surface area contributed by atoms with Crippen LogP contribution in [0.15, 0.2) is 59.7 Å². The third kappa shape index (κ3) is 6.84. The van der Waals surface area contributed by atoms with E-state index >= 15 is 0 Å². The van der Waals surface area contributed by atoms with Crippen molar-refractivity contribution >= 4 is 58.5 Å². The van der Waals surface area contributed by atoms with Gasteiger partial charge in [-0.3, -0.25) is 9.59 Å². The molecule has 0 unspecified atom stereocenters. The Balaban J connectivity index is 1.58. The summed E-state index contributed by atoms with van der Waals surface area (Å²) in [6.07, 6.45) is 1.32. The Morgan fingerprint density at radius 3 is 2.47 bits per heavy atom. The number of rotatable bonds is 7. The van der Waals surface area contributed by atoms with Crippen LogP contribution < -0.4 is 20.2 Å². The van der Waals surface area contributed by atoms with Crippen molar-refractivity contribution < 1.29 is 23.5 Å². The van der Waals surface area contributed by atoms with E-state index in [1.54, 1.807) is 36.4 Å². The van der Waals surface area contributed by atoms with E-state index in [9.17, 15) is 14.0 Å². The molecule has 176 valence electrons. The molecule has 11 heteroatoms. The molecule has 2 N–H and O–H groups in total. The van der Waals surface area contributed by atoms with Crippen LogP contribution in [0.2, 0.25) is 15.1 Å². The van der Waals surface area contributed by atoms with Crippen molar-refractivity contribution in [2.45, 2.75) is 6.61 Å². The maximum absolute atomic E-state index is 13.2. The Labute approximate surface area is 209 Å². The van der Waals surface area contributed by atoms with E-state index < -0.39 is 17.6 Å². The van der Waals surface area contributed by atoms with Crippen LogP contribution >= 0.6 is 34.8 Å². The number of amides is 2. The zero-order valence-electron chi connectivity index (χ0n) is 17.6. The molecule has 0 fully saturated rings. The fourth-order valence-electron chi connectivity index (χ4n) is 2.66. The Morgan fingerprint density at radius 1 is 0.971 bits per heavy atom. The summed E-state index contributed by atoms with van der Waals surface area (Å²) in [6.45, 7) is 0.199. The maximum atomic E-state index is 13.2. The number of hydrogen-bond acceptors (Lipinski definition) is 5. The monoisotopic (exact) mass is 523 g/mol. The van der Waals surface area contributed by atoms with E-state index in [0.717, 1.165) is 11.6 Å². The first kappa shape index (κ1) is 25.3. The number of methoxy groups -OCH3 is 1. The number of hydrazone groups is 1. The highest BCUT2D eigenvalue weighted by Crippen LogP contribution is 2.30. The highest BCUT2D eigenvalue weighted by atomic mass is 35.5. The smallest absolute Gasteiger partial charge is 0.329 e. The van der Waals surface area contributed by atoms with Gasteiger partial charge in [-0.05, 0) is 54.1 Å². The quantitative estimate of drug-likeness (QED) is 0.244. The summed E-state index contributed by atoms with van der Waals surface area (Å²) >= 11 is 17.7. The number of nitrogens with zero attached hydrogens (tertiary/aromatic N) is 1. The van der Waals surface area contributed by atoms with Crippen molar-refractivity contribution in [2.24, 2.45) is 5.10 Å². The fourth-order valence-corrected chi connectivity index (χ4v) is 3.30. The van der Waals surface area contributed by atoms with Crippen LogP contribution in [0.5, 0.6) is 11.5 Å². The highest BCUT2D eigenvalue weighted by Gasteiger charge is 2.14. The first-order chi connectivity index (χ1) is 16.3. The number of ether oxygens (including phenoxy) is 2. The SMILES string of the molecule is COc1cc(/C=N/NC(=O)C(=O)Nc2ccc(F)c(Cl)c2)ccc1OCc1ccc(Cl)cc1Cl. The number of hydrogen-bond donors (Lipinski definition) is 2. The average molecular weight is 525 g/mol. The molecule has 0 spiro atoms. The molecule has 2 amide bonds. The van der Waals surface area contributed by atoms with Crippen molar-refractivity contribution in [3.63, 3.8) is 0 Å². The molecule has 3 rings (SSSR count). The molecule has 0 saturated heterocycles. The average Bonchev–Trinajstić information content (AvgIpc) is 2.81. The van der Waals surface area contributed by atoms with Gasteiger partial charge >= 0.3 is 11.8 Å². The van der Waals surface area contributed by atoms with E-state index in [-0.39, 0.29) is 17.3 Å². The second-order valence-electron chi connectivity index (χ2n) is 6.72. The molecule has 0 aliphatic heterocycles. The second-order valence-corrected chi connectivity index (χ2v) is 7.97. The minimum atomic E-state index is -1.02. The van der Waals surface area contributed by atoms with Crippen molar-refractivity contribution in [2.75, 3.05) is 12.4 Å². The Hall–Kier alpha value is -3.33. The molecule has 3 aromatic rings. The standard InChI is InChI=1S/C23H17Cl3FN3O4/c1-33-21-8-13(2-7-20(21)34-12-14-3-4-15(24)9-17(14)25)11-28-30-23(32)22(31)29-16-5-6-19(27)18(26)10-16/h2-11H,12H2,1H3,(H,29,31)(H,30,32)/b28-11+. The molecule has 0 aromatic heterocycles. The molecule has 0 heterocycles. The van der Waals surface area contributed by atoms with Crippen LogP contribution in [0.3, 0.4) is 0 Å². The van der Waals surface area contributed by atoms with E-state index in [1.807, 2.05) is 0 Å². The predicted molar refractivity (Wildman–Crippen MR) is 130 cm³/mol. The summed E-state index contributed by atoms with van der Waals surface area (Å²) in [7, 11) is 1.48. The number of halogens is 4. The van der Waals surface area contributed by atoms with E-state index in [1.165, 1.54) is 25.5 Å². The Bertz CT molecular complexity index is 1250. The summed E-state index contributed by atoms with van der Waals surface area (Å²) in [5.74, 6) is -1.78. The lowest BCUT2D eigenvalue weighted by molar-refractivity contribution is -0.136. The molecule has 0 atom stereocenters. The lowest BCUT2D eigenvalue weighted by Gasteiger charge is -2.12. The topological polar surface area (TPSA) is 89.0 Å². The number of benzene rings is 3. The van der Waals surface area contributed by atoms with E-state index in [0.29, 0.717) is 27.1 Å². The third-order valence-corrected chi connectivity index (χ3v) is 5.23.